The van der Waals surface area contributed by atoms with Gasteiger partial charge in [0.25, 0.3) is 0 Å². The van der Waals surface area contributed by atoms with Crippen LogP contribution >= 0.6 is 11.3 Å². The Balaban J connectivity index is 2.05. The predicted molar refractivity (Wildman–Crippen MR) is 80.8 cm³/mol. The van der Waals surface area contributed by atoms with Crippen molar-refractivity contribution in [2.75, 3.05) is 0 Å². The van der Waals surface area contributed by atoms with E-state index in [-0.39, 0.29) is 11.3 Å². The quantitative estimate of drug-likeness (QED) is 0.807. The van der Waals surface area contributed by atoms with Crippen LogP contribution in [0, 0.1) is 13.8 Å². The lowest BCUT2D eigenvalue weighted by molar-refractivity contribution is 0.438. The third kappa shape index (κ3) is 2.50. The molecule has 0 aliphatic carbocycles. The van der Waals surface area contributed by atoms with E-state index in [9.17, 15) is 9.90 Å². The smallest absolute Gasteiger partial charge is 0.349 e. The van der Waals surface area contributed by atoms with Crippen LogP contribution in [-0.2, 0) is 6.54 Å². The van der Waals surface area contributed by atoms with Gasteiger partial charge in [0.1, 0.15) is 22.8 Å². The van der Waals surface area contributed by atoms with Gasteiger partial charge in [-0.2, -0.15) is 0 Å². The molecule has 3 heterocycles. The second kappa shape index (κ2) is 5.21. The second-order valence-electron chi connectivity index (χ2n) is 4.79. The molecule has 0 aromatic carbocycles. The summed E-state index contributed by atoms with van der Waals surface area (Å²) in [5.74, 6) is 0.269. The average molecular weight is 302 g/mol. The minimum absolute atomic E-state index is 0.103. The van der Waals surface area contributed by atoms with Gasteiger partial charge in [-0.3, -0.25) is 0 Å². The largest absolute Gasteiger partial charge is 0.507 e. The molecule has 0 fully saturated rings. The van der Waals surface area contributed by atoms with E-state index < -0.39 is 5.63 Å². The molecule has 3 aromatic heterocycles. The summed E-state index contributed by atoms with van der Waals surface area (Å²) in [6, 6.07) is 5.46. The molecule has 108 valence electrons. The van der Waals surface area contributed by atoms with Gasteiger partial charge in [0, 0.05) is 16.6 Å². The molecule has 0 spiro atoms. The molecule has 0 aliphatic rings. The maximum absolute atomic E-state index is 12.0. The Labute approximate surface area is 125 Å². The molecule has 0 amide bonds. The zero-order chi connectivity index (χ0) is 15.0. The van der Waals surface area contributed by atoms with Crippen LogP contribution in [0.4, 0.5) is 0 Å². The number of aromatic nitrogens is 2. The first-order valence-corrected chi connectivity index (χ1v) is 7.32. The zero-order valence-corrected chi connectivity index (χ0v) is 12.5. The SMILES string of the molecule is Cc1cc(O)c(-c2ncn(Cc3cccs3)c2C)c(=O)o1. The highest BCUT2D eigenvalue weighted by molar-refractivity contribution is 7.09. The predicted octanol–water partition coefficient (Wildman–Crippen LogP) is 2.94. The lowest BCUT2D eigenvalue weighted by atomic mass is 10.1. The van der Waals surface area contributed by atoms with Crippen LogP contribution in [0.1, 0.15) is 16.3 Å². The van der Waals surface area contributed by atoms with E-state index in [1.54, 1.807) is 24.6 Å². The Morgan fingerprint density at radius 1 is 1.43 bits per heavy atom. The summed E-state index contributed by atoms with van der Waals surface area (Å²) in [5.41, 5.74) is 0.813. The van der Waals surface area contributed by atoms with Crippen molar-refractivity contribution < 1.29 is 9.52 Å². The van der Waals surface area contributed by atoms with Crippen molar-refractivity contribution in [1.82, 2.24) is 9.55 Å². The fourth-order valence-corrected chi connectivity index (χ4v) is 2.94. The second-order valence-corrected chi connectivity index (χ2v) is 5.82. The number of aromatic hydroxyl groups is 1. The Morgan fingerprint density at radius 2 is 2.24 bits per heavy atom. The summed E-state index contributed by atoms with van der Waals surface area (Å²) in [5, 5.41) is 12.0. The van der Waals surface area contributed by atoms with E-state index in [0.29, 0.717) is 18.0 Å². The Hall–Kier alpha value is -2.34. The van der Waals surface area contributed by atoms with E-state index in [0.717, 1.165) is 5.69 Å². The number of imidazole rings is 1. The van der Waals surface area contributed by atoms with Gasteiger partial charge in [0.15, 0.2) is 0 Å². The van der Waals surface area contributed by atoms with Gasteiger partial charge in [-0.1, -0.05) is 6.07 Å². The summed E-state index contributed by atoms with van der Waals surface area (Å²) in [6.07, 6.45) is 1.67. The van der Waals surface area contributed by atoms with Crippen LogP contribution in [-0.4, -0.2) is 14.7 Å². The summed E-state index contributed by atoms with van der Waals surface area (Å²) in [7, 11) is 0. The molecule has 0 bridgehead atoms. The van der Waals surface area contributed by atoms with Crippen molar-refractivity contribution in [3.8, 4) is 17.0 Å². The molecule has 3 rings (SSSR count). The highest BCUT2D eigenvalue weighted by Crippen LogP contribution is 2.28. The summed E-state index contributed by atoms with van der Waals surface area (Å²) < 4.78 is 7.00. The maximum atomic E-state index is 12.0. The van der Waals surface area contributed by atoms with Crippen LogP contribution < -0.4 is 5.63 Å². The Morgan fingerprint density at radius 3 is 2.90 bits per heavy atom. The van der Waals surface area contributed by atoms with E-state index in [1.165, 1.54) is 10.9 Å². The molecule has 0 saturated heterocycles. The highest BCUT2D eigenvalue weighted by atomic mass is 32.1. The Kier molecular flexibility index (Phi) is 3.39. The summed E-state index contributed by atoms with van der Waals surface area (Å²) >= 11 is 1.66. The van der Waals surface area contributed by atoms with Crippen molar-refractivity contribution in [2.45, 2.75) is 20.4 Å². The number of hydrogen-bond donors (Lipinski definition) is 1. The van der Waals surface area contributed by atoms with Crippen molar-refractivity contribution >= 4 is 11.3 Å². The van der Waals surface area contributed by atoms with E-state index >= 15 is 0 Å². The van der Waals surface area contributed by atoms with Crippen LogP contribution in [0.3, 0.4) is 0 Å². The van der Waals surface area contributed by atoms with E-state index in [2.05, 4.69) is 4.98 Å². The standard InChI is InChI=1S/C15H14N2O3S/c1-9-6-12(18)13(15(19)20-9)14-10(2)17(8-16-14)7-11-4-3-5-21-11/h3-6,8,18H,7H2,1-2H3. The van der Waals surface area contributed by atoms with Gasteiger partial charge in [0.2, 0.25) is 0 Å². The molecule has 3 aromatic rings. The van der Waals surface area contributed by atoms with E-state index in [1.807, 2.05) is 29.0 Å². The minimum atomic E-state index is -0.572. The van der Waals surface area contributed by atoms with Crippen molar-refractivity contribution in [1.29, 1.82) is 0 Å². The van der Waals surface area contributed by atoms with Gasteiger partial charge in [-0.05, 0) is 25.3 Å². The lowest BCUT2D eigenvalue weighted by Crippen LogP contribution is -2.06. The average Bonchev–Trinajstić information content (AvgIpc) is 3.02. The van der Waals surface area contributed by atoms with Gasteiger partial charge in [0.05, 0.1) is 12.9 Å². The number of thiophene rings is 1. The summed E-state index contributed by atoms with van der Waals surface area (Å²) in [4.78, 5) is 17.4. The van der Waals surface area contributed by atoms with Crippen LogP contribution in [0.2, 0.25) is 0 Å². The monoisotopic (exact) mass is 302 g/mol. The molecule has 0 unspecified atom stereocenters. The molecular formula is C15H14N2O3S. The zero-order valence-electron chi connectivity index (χ0n) is 11.7. The number of aryl methyl sites for hydroxylation is 1. The molecule has 5 nitrogen and oxygen atoms in total. The number of rotatable bonds is 3. The lowest BCUT2D eigenvalue weighted by Gasteiger charge is -2.05. The van der Waals surface area contributed by atoms with Crippen molar-refractivity contribution in [2.24, 2.45) is 0 Å². The molecule has 1 N–H and O–H groups in total. The maximum Gasteiger partial charge on any atom is 0.349 e. The normalized spacial score (nSPS) is 11.0. The van der Waals surface area contributed by atoms with Crippen molar-refractivity contribution in [3.63, 3.8) is 0 Å². The molecule has 21 heavy (non-hydrogen) atoms. The summed E-state index contributed by atoms with van der Waals surface area (Å²) in [6.45, 7) is 4.18. The molecule has 0 saturated carbocycles. The molecule has 6 heteroatoms. The van der Waals surface area contributed by atoms with Crippen LogP contribution in [0.15, 0.2) is 39.1 Å². The number of hydrogen-bond acceptors (Lipinski definition) is 5. The molecule has 0 atom stereocenters. The van der Waals surface area contributed by atoms with E-state index in [4.69, 9.17) is 4.42 Å². The van der Waals surface area contributed by atoms with Gasteiger partial charge in [-0.25, -0.2) is 9.78 Å². The third-order valence-corrected chi connectivity index (χ3v) is 4.16. The van der Waals surface area contributed by atoms with Gasteiger partial charge >= 0.3 is 5.63 Å². The molecular weight excluding hydrogens is 288 g/mol. The molecule has 0 radical (unpaired) electrons. The first kappa shape index (κ1) is 13.6. The number of nitrogens with zero attached hydrogens (tertiary/aromatic N) is 2. The topological polar surface area (TPSA) is 68.3 Å². The van der Waals surface area contributed by atoms with Crippen LogP contribution in [0.5, 0.6) is 5.75 Å². The van der Waals surface area contributed by atoms with Gasteiger partial charge < -0.3 is 14.1 Å². The highest BCUT2D eigenvalue weighted by Gasteiger charge is 2.18. The Bertz CT molecular complexity index is 831. The van der Waals surface area contributed by atoms with Gasteiger partial charge in [-0.15, -0.1) is 11.3 Å². The first-order chi connectivity index (χ1) is 10.1. The first-order valence-electron chi connectivity index (χ1n) is 6.44. The van der Waals surface area contributed by atoms with Crippen LogP contribution in [0.25, 0.3) is 11.3 Å². The fourth-order valence-electron chi connectivity index (χ4n) is 2.23. The third-order valence-electron chi connectivity index (χ3n) is 3.30. The molecule has 0 aliphatic heterocycles. The minimum Gasteiger partial charge on any atom is -0.507 e. The fraction of sp³-hybridized carbons (Fsp3) is 0.200. The van der Waals surface area contributed by atoms with Crippen molar-refractivity contribution in [3.05, 3.63) is 56.7 Å².